The van der Waals surface area contributed by atoms with Gasteiger partial charge in [-0.1, -0.05) is 19.8 Å². The summed E-state index contributed by atoms with van der Waals surface area (Å²) in [7, 11) is -1.40. The molecular formula is C17H32N2O11S. The third-order valence-corrected chi connectivity index (χ3v) is 5.71. The first-order chi connectivity index (χ1) is 14.4. The van der Waals surface area contributed by atoms with Crippen molar-refractivity contribution in [1.82, 2.24) is 10.6 Å². The van der Waals surface area contributed by atoms with Crippen LogP contribution >= 0.6 is 0 Å². The van der Waals surface area contributed by atoms with E-state index in [2.05, 4.69) is 10.6 Å². The molecule has 31 heavy (non-hydrogen) atoms. The maximum absolute atomic E-state index is 12.6. The number of carbonyl (C=O) groups is 1. The molecule has 0 bridgehead atoms. The van der Waals surface area contributed by atoms with Crippen molar-refractivity contribution >= 4 is 16.2 Å². The highest BCUT2D eigenvalue weighted by molar-refractivity contribution is 7.79. The first kappa shape index (κ1) is 26.5. The zero-order valence-corrected chi connectivity index (χ0v) is 18.4. The Morgan fingerprint density at radius 1 is 1.06 bits per heavy atom. The van der Waals surface area contributed by atoms with E-state index in [9.17, 15) is 20.1 Å². The molecular weight excluding hydrogens is 440 g/mol. The van der Waals surface area contributed by atoms with Crippen LogP contribution in [0.15, 0.2) is 0 Å². The lowest BCUT2D eigenvalue weighted by atomic mass is 9.80. The van der Waals surface area contributed by atoms with Gasteiger partial charge in [-0.3, -0.25) is 13.9 Å². The fraction of sp³-hybridized carbons (Fsp3) is 0.941. The highest BCUT2D eigenvalue weighted by Crippen LogP contribution is 2.40. The monoisotopic (exact) mass is 472 g/mol. The second-order valence-electron chi connectivity index (χ2n) is 7.80. The molecule has 0 radical (unpaired) electrons. The van der Waals surface area contributed by atoms with Gasteiger partial charge in [0.15, 0.2) is 5.78 Å². The average Bonchev–Trinajstić information content (AvgIpc) is 2.66. The molecule has 14 heteroatoms. The van der Waals surface area contributed by atoms with Gasteiger partial charge in [-0.25, -0.2) is 0 Å². The van der Waals surface area contributed by atoms with Gasteiger partial charge in [0.05, 0.1) is 24.3 Å². The number of fused-ring (bicyclic) bond motifs is 2. The summed E-state index contributed by atoms with van der Waals surface area (Å²) in [6.07, 6.45) is -2.92. The normalized spacial score (nSPS) is 42.8. The zero-order chi connectivity index (χ0) is 23.6. The van der Waals surface area contributed by atoms with E-state index in [4.69, 9.17) is 31.7 Å². The van der Waals surface area contributed by atoms with Crippen LogP contribution in [0.4, 0.5) is 0 Å². The number of carbonyl (C=O) groups excluding carboxylic acids is 1. The second-order valence-corrected chi connectivity index (χ2v) is 8.69. The van der Waals surface area contributed by atoms with Crippen LogP contribution < -0.4 is 10.6 Å². The van der Waals surface area contributed by atoms with Crippen LogP contribution in [0.3, 0.4) is 0 Å². The zero-order valence-electron chi connectivity index (χ0n) is 17.5. The average molecular weight is 473 g/mol. The van der Waals surface area contributed by atoms with Crippen molar-refractivity contribution in [3.05, 3.63) is 0 Å². The summed E-state index contributed by atoms with van der Waals surface area (Å²) in [5, 5.41) is 37.8. The Morgan fingerprint density at radius 2 is 1.65 bits per heavy atom. The molecule has 0 unspecified atom stereocenters. The molecule has 1 saturated carbocycles. The Labute approximate surface area is 180 Å². The van der Waals surface area contributed by atoms with Gasteiger partial charge < -0.3 is 40.2 Å². The molecule has 182 valence electrons. The second kappa shape index (κ2) is 10.4. The van der Waals surface area contributed by atoms with Crippen molar-refractivity contribution in [2.75, 3.05) is 14.1 Å². The molecule has 9 atom stereocenters. The van der Waals surface area contributed by atoms with Crippen LogP contribution in [0, 0.1) is 0 Å². The maximum Gasteiger partial charge on any atom is 0.394 e. The summed E-state index contributed by atoms with van der Waals surface area (Å²) in [6, 6.07) is -1.30. The van der Waals surface area contributed by atoms with Gasteiger partial charge >= 0.3 is 10.4 Å². The number of hydrogen-bond donors (Lipinski definition) is 7. The number of unbranched alkanes of at least 4 members (excludes halogenated alkanes) is 1. The van der Waals surface area contributed by atoms with Crippen molar-refractivity contribution in [2.45, 2.75) is 87.3 Å². The van der Waals surface area contributed by atoms with E-state index in [0.29, 0.717) is 6.42 Å². The fourth-order valence-corrected chi connectivity index (χ4v) is 4.19. The van der Waals surface area contributed by atoms with Crippen LogP contribution in [0.1, 0.15) is 32.6 Å². The molecule has 2 saturated heterocycles. The SMILES string of the molecule is CCCC[C@@H]1CC(=O)[C@]2(O)O[C@@H]3[C@@H](NC)[C@@H](O)[C@@H](NC)[C@H](O)[C@H]3O[C@@H]2O1.O=S(=O)(O)O. The topological polar surface area (TPSA) is 204 Å². The molecule has 2 heterocycles. The molecule has 3 rings (SSSR count). The molecule has 2 aliphatic heterocycles. The summed E-state index contributed by atoms with van der Waals surface area (Å²) in [4.78, 5) is 12.6. The quantitative estimate of drug-likeness (QED) is 0.209. The van der Waals surface area contributed by atoms with E-state index >= 15 is 0 Å². The Kier molecular flexibility index (Phi) is 8.91. The molecule has 0 aromatic carbocycles. The van der Waals surface area contributed by atoms with Crippen molar-refractivity contribution in [3.8, 4) is 0 Å². The number of Topliss-reactive ketones (excluding diaryl/α,β-unsaturated/α-hetero) is 1. The van der Waals surface area contributed by atoms with Crippen LogP contribution in [0.5, 0.6) is 0 Å². The predicted octanol–water partition coefficient (Wildman–Crippen LogP) is -2.41. The van der Waals surface area contributed by atoms with E-state index < -0.39 is 64.8 Å². The van der Waals surface area contributed by atoms with E-state index in [1.807, 2.05) is 6.92 Å². The summed E-state index contributed by atoms with van der Waals surface area (Å²) in [5.41, 5.74) is 0. The molecule has 3 fully saturated rings. The highest BCUT2D eigenvalue weighted by atomic mass is 32.3. The van der Waals surface area contributed by atoms with Gasteiger partial charge in [0, 0.05) is 6.42 Å². The number of nitrogens with one attached hydrogen (secondary N) is 2. The fourth-order valence-electron chi connectivity index (χ4n) is 4.19. The molecule has 13 nitrogen and oxygen atoms in total. The van der Waals surface area contributed by atoms with Gasteiger partial charge in [0.2, 0.25) is 6.29 Å². The molecule has 0 spiro atoms. The summed E-state index contributed by atoms with van der Waals surface area (Å²) < 4.78 is 49.0. The molecule has 0 aromatic heterocycles. The van der Waals surface area contributed by atoms with Crippen LogP contribution in [-0.4, -0.2) is 107 Å². The lowest BCUT2D eigenvalue weighted by Crippen LogP contribution is -2.77. The predicted molar refractivity (Wildman–Crippen MR) is 104 cm³/mol. The standard InChI is InChI=1S/C17H30N2O7.H2O4S/c1-4-5-6-8-7-9(20)17(23)16(24-8)25-15-13(22)10(18-2)12(21)11(19-3)14(15)26-17;1-5(2,3)4/h8,10-16,18-19,21-23H,4-7H2,1-3H3;(H2,1,2,3,4)/t8-,10-,11+,12+,13+,14-,15-,16+,17+;/m1./s1. The first-order valence-electron chi connectivity index (χ1n) is 10.0. The van der Waals surface area contributed by atoms with Gasteiger partial charge in [-0.2, -0.15) is 8.42 Å². The molecule has 0 amide bonds. The number of ketones is 1. The number of aliphatic hydroxyl groups is 3. The van der Waals surface area contributed by atoms with E-state index in [1.165, 1.54) is 0 Å². The number of aliphatic hydroxyl groups excluding tert-OH is 2. The lowest BCUT2D eigenvalue weighted by molar-refractivity contribution is -0.421. The smallest absolute Gasteiger partial charge is 0.390 e. The summed E-state index contributed by atoms with van der Waals surface area (Å²) >= 11 is 0. The van der Waals surface area contributed by atoms with Gasteiger partial charge in [0.25, 0.3) is 5.79 Å². The minimum atomic E-state index is -4.67. The maximum atomic E-state index is 12.6. The number of likely N-dealkylation sites (N-methyl/N-ethyl adjacent to an activating group) is 2. The summed E-state index contributed by atoms with van der Waals surface area (Å²) in [6.45, 7) is 2.05. The number of hydrogen-bond acceptors (Lipinski definition) is 11. The molecule has 3 aliphatic rings. The molecule has 0 aromatic rings. The number of rotatable bonds is 5. The minimum absolute atomic E-state index is 0.0439. The van der Waals surface area contributed by atoms with Gasteiger partial charge in [-0.05, 0) is 20.5 Å². The van der Waals surface area contributed by atoms with Gasteiger partial charge in [0.1, 0.15) is 18.3 Å². The molecule has 1 aliphatic carbocycles. The minimum Gasteiger partial charge on any atom is -0.390 e. The van der Waals surface area contributed by atoms with Gasteiger partial charge in [-0.15, -0.1) is 0 Å². The third kappa shape index (κ3) is 5.97. The third-order valence-electron chi connectivity index (χ3n) is 5.71. The van der Waals surface area contributed by atoms with Crippen molar-refractivity contribution in [2.24, 2.45) is 0 Å². The van der Waals surface area contributed by atoms with Crippen molar-refractivity contribution in [1.29, 1.82) is 0 Å². The summed E-state index contributed by atoms with van der Waals surface area (Å²) in [5.74, 6) is -2.73. The van der Waals surface area contributed by atoms with E-state index in [0.717, 1.165) is 12.8 Å². The Bertz CT molecular complexity index is 715. The van der Waals surface area contributed by atoms with Crippen LogP contribution in [0.2, 0.25) is 0 Å². The Balaban J connectivity index is 0.000000614. The highest BCUT2D eigenvalue weighted by Gasteiger charge is 2.63. The van der Waals surface area contributed by atoms with E-state index in [-0.39, 0.29) is 12.5 Å². The van der Waals surface area contributed by atoms with Crippen molar-refractivity contribution < 1.29 is 51.8 Å². The van der Waals surface area contributed by atoms with Crippen LogP contribution in [-0.2, 0) is 29.4 Å². The van der Waals surface area contributed by atoms with Crippen LogP contribution in [0.25, 0.3) is 0 Å². The Morgan fingerprint density at radius 3 is 2.16 bits per heavy atom. The molecule has 7 N–H and O–H groups in total. The Hall–Kier alpha value is -0.780. The first-order valence-corrected chi connectivity index (χ1v) is 11.4. The lowest BCUT2D eigenvalue weighted by Gasteiger charge is -2.55. The number of ether oxygens (including phenoxy) is 3. The van der Waals surface area contributed by atoms with E-state index in [1.54, 1.807) is 14.1 Å². The van der Waals surface area contributed by atoms with Crippen molar-refractivity contribution in [3.63, 3.8) is 0 Å². The largest absolute Gasteiger partial charge is 0.394 e.